The quantitative estimate of drug-likeness (QED) is 0.758. The van der Waals surface area contributed by atoms with Crippen LogP contribution in [-0.2, 0) is 16.0 Å². The fraction of sp³-hybridized carbons (Fsp3) is 0.533. The summed E-state index contributed by atoms with van der Waals surface area (Å²) in [5, 5.41) is 0. The summed E-state index contributed by atoms with van der Waals surface area (Å²) in [6, 6.07) is 7.66. The highest BCUT2D eigenvalue weighted by Crippen LogP contribution is 2.21. The summed E-state index contributed by atoms with van der Waals surface area (Å²) in [6.45, 7) is 2.93. The highest BCUT2D eigenvalue weighted by Gasteiger charge is 2.20. The maximum Gasteiger partial charge on any atom is 0.310 e. The molecule has 1 aliphatic rings. The van der Waals surface area contributed by atoms with Gasteiger partial charge in [-0.15, -0.1) is 0 Å². The Balaban J connectivity index is 1.93. The van der Waals surface area contributed by atoms with E-state index in [-0.39, 0.29) is 12.4 Å². The van der Waals surface area contributed by atoms with Crippen molar-refractivity contribution in [2.75, 3.05) is 33.9 Å². The van der Waals surface area contributed by atoms with Gasteiger partial charge >= 0.3 is 5.97 Å². The Labute approximate surface area is 114 Å². The Hall–Kier alpha value is -1.55. The van der Waals surface area contributed by atoms with E-state index in [0.717, 1.165) is 24.4 Å². The van der Waals surface area contributed by atoms with E-state index in [0.29, 0.717) is 12.5 Å². The first-order valence-electron chi connectivity index (χ1n) is 6.65. The Morgan fingerprint density at radius 1 is 1.42 bits per heavy atom. The number of ether oxygens (including phenoxy) is 2. The first-order valence-corrected chi connectivity index (χ1v) is 6.65. The molecule has 1 aromatic carbocycles. The van der Waals surface area contributed by atoms with Gasteiger partial charge in [-0.1, -0.05) is 18.2 Å². The Bertz CT molecular complexity index is 433. The van der Waals surface area contributed by atoms with E-state index in [1.165, 1.54) is 13.5 Å². The van der Waals surface area contributed by atoms with Crippen molar-refractivity contribution in [3.8, 4) is 5.75 Å². The summed E-state index contributed by atoms with van der Waals surface area (Å²) >= 11 is 0. The van der Waals surface area contributed by atoms with Crippen LogP contribution in [-0.4, -0.2) is 44.7 Å². The van der Waals surface area contributed by atoms with Crippen LogP contribution in [0.3, 0.4) is 0 Å². The second-order valence-electron chi connectivity index (χ2n) is 5.09. The molecule has 4 nitrogen and oxygen atoms in total. The van der Waals surface area contributed by atoms with Gasteiger partial charge in [0.05, 0.1) is 20.1 Å². The summed E-state index contributed by atoms with van der Waals surface area (Å²) in [4.78, 5) is 13.7. The predicted molar refractivity (Wildman–Crippen MR) is 73.3 cm³/mol. The van der Waals surface area contributed by atoms with Crippen LogP contribution in [0.5, 0.6) is 5.75 Å². The minimum absolute atomic E-state index is 0.239. The van der Waals surface area contributed by atoms with E-state index in [9.17, 15) is 4.79 Å². The van der Waals surface area contributed by atoms with Gasteiger partial charge in [0.15, 0.2) is 0 Å². The van der Waals surface area contributed by atoms with E-state index < -0.39 is 0 Å². The maximum absolute atomic E-state index is 11.4. The summed E-state index contributed by atoms with van der Waals surface area (Å²) in [6.07, 6.45) is 1.44. The number of esters is 1. The lowest BCUT2D eigenvalue weighted by molar-refractivity contribution is -0.139. The Morgan fingerprint density at radius 3 is 2.89 bits per heavy atom. The van der Waals surface area contributed by atoms with Crippen LogP contribution in [0.25, 0.3) is 0 Å². The number of nitrogens with zero attached hydrogens (tertiary/aromatic N) is 1. The molecule has 0 saturated carbocycles. The van der Waals surface area contributed by atoms with E-state index in [1.807, 2.05) is 24.3 Å². The van der Waals surface area contributed by atoms with Crippen LogP contribution < -0.4 is 4.74 Å². The molecule has 1 heterocycles. The van der Waals surface area contributed by atoms with Gasteiger partial charge in [0.1, 0.15) is 5.75 Å². The molecule has 4 heteroatoms. The first-order chi connectivity index (χ1) is 9.19. The molecule has 0 N–H and O–H groups in total. The van der Waals surface area contributed by atoms with Gasteiger partial charge in [0.25, 0.3) is 0 Å². The average Bonchev–Trinajstić information content (AvgIpc) is 2.83. The number of hydrogen-bond donors (Lipinski definition) is 0. The summed E-state index contributed by atoms with van der Waals surface area (Å²) in [5.41, 5.74) is 0.890. The van der Waals surface area contributed by atoms with Crippen molar-refractivity contribution in [2.24, 2.45) is 5.92 Å². The molecule has 1 saturated heterocycles. The molecule has 2 rings (SSSR count). The fourth-order valence-corrected chi connectivity index (χ4v) is 2.39. The van der Waals surface area contributed by atoms with Gasteiger partial charge in [0, 0.05) is 18.0 Å². The lowest BCUT2D eigenvalue weighted by atomic mass is 10.1. The van der Waals surface area contributed by atoms with Crippen LogP contribution in [0.2, 0.25) is 0 Å². The molecule has 0 bridgehead atoms. The zero-order valence-corrected chi connectivity index (χ0v) is 11.6. The second-order valence-corrected chi connectivity index (χ2v) is 5.09. The molecule has 19 heavy (non-hydrogen) atoms. The SMILES string of the molecule is COC(=O)Cc1ccccc1OCC1CCN(C)C1. The molecule has 104 valence electrons. The third-order valence-corrected chi connectivity index (χ3v) is 3.50. The number of hydrogen-bond acceptors (Lipinski definition) is 4. The maximum atomic E-state index is 11.4. The van der Waals surface area contributed by atoms with Crippen LogP contribution in [0.1, 0.15) is 12.0 Å². The van der Waals surface area contributed by atoms with E-state index in [1.54, 1.807) is 0 Å². The van der Waals surface area contributed by atoms with Gasteiger partial charge in [-0.3, -0.25) is 4.79 Å². The Morgan fingerprint density at radius 2 is 2.21 bits per heavy atom. The lowest BCUT2D eigenvalue weighted by Crippen LogP contribution is -2.18. The van der Waals surface area contributed by atoms with Gasteiger partial charge < -0.3 is 14.4 Å². The lowest BCUT2D eigenvalue weighted by Gasteiger charge is -2.14. The summed E-state index contributed by atoms with van der Waals surface area (Å²) in [7, 11) is 3.53. The van der Waals surface area contributed by atoms with Crippen molar-refractivity contribution in [2.45, 2.75) is 12.8 Å². The molecular weight excluding hydrogens is 242 g/mol. The smallest absolute Gasteiger partial charge is 0.310 e. The second kappa shape index (κ2) is 6.57. The van der Waals surface area contributed by atoms with Crippen molar-refractivity contribution in [3.05, 3.63) is 29.8 Å². The summed E-state index contributed by atoms with van der Waals surface area (Å²) in [5.74, 6) is 1.13. The highest BCUT2D eigenvalue weighted by atomic mass is 16.5. The number of likely N-dealkylation sites (tertiary alicyclic amines) is 1. The fourth-order valence-electron chi connectivity index (χ4n) is 2.39. The standard InChI is InChI=1S/C15H21NO3/c1-16-8-7-12(10-16)11-19-14-6-4-3-5-13(14)9-15(17)18-2/h3-6,12H,7-11H2,1-2H3. The van der Waals surface area contributed by atoms with Crippen molar-refractivity contribution < 1.29 is 14.3 Å². The predicted octanol–water partition coefficient (Wildman–Crippen LogP) is 1.73. The van der Waals surface area contributed by atoms with Gasteiger partial charge in [0.2, 0.25) is 0 Å². The molecule has 0 amide bonds. The topological polar surface area (TPSA) is 38.8 Å². The van der Waals surface area contributed by atoms with Crippen LogP contribution >= 0.6 is 0 Å². The normalized spacial score (nSPS) is 19.4. The highest BCUT2D eigenvalue weighted by molar-refractivity contribution is 5.73. The van der Waals surface area contributed by atoms with Crippen molar-refractivity contribution >= 4 is 5.97 Å². The third kappa shape index (κ3) is 3.96. The zero-order valence-electron chi connectivity index (χ0n) is 11.6. The molecule has 0 spiro atoms. The minimum atomic E-state index is -0.239. The van der Waals surface area contributed by atoms with Crippen molar-refractivity contribution in [1.82, 2.24) is 4.90 Å². The van der Waals surface area contributed by atoms with Crippen LogP contribution in [0, 0.1) is 5.92 Å². The summed E-state index contributed by atoms with van der Waals surface area (Å²) < 4.78 is 10.6. The molecule has 0 radical (unpaired) electrons. The van der Waals surface area contributed by atoms with E-state index >= 15 is 0 Å². The van der Waals surface area contributed by atoms with Gasteiger partial charge in [-0.25, -0.2) is 0 Å². The zero-order chi connectivity index (χ0) is 13.7. The first kappa shape index (κ1) is 13.9. The molecule has 0 aromatic heterocycles. The molecule has 1 aliphatic heterocycles. The monoisotopic (exact) mass is 263 g/mol. The van der Waals surface area contributed by atoms with E-state index in [4.69, 9.17) is 9.47 Å². The van der Waals surface area contributed by atoms with Crippen LogP contribution in [0.4, 0.5) is 0 Å². The molecule has 0 aliphatic carbocycles. The number of methoxy groups -OCH3 is 1. The number of benzene rings is 1. The Kier molecular flexibility index (Phi) is 4.80. The molecule has 1 unspecified atom stereocenters. The third-order valence-electron chi connectivity index (χ3n) is 3.50. The number of carbonyl (C=O) groups excluding carboxylic acids is 1. The van der Waals surface area contributed by atoms with Crippen LogP contribution in [0.15, 0.2) is 24.3 Å². The molecule has 1 fully saturated rings. The number of carbonyl (C=O) groups is 1. The number of para-hydroxylation sites is 1. The van der Waals surface area contributed by atoms with Gasteiger partial charge in [-0.05, 0) is 26.1 Å². The van der Waals surface area contributed by atoms with Crippen molar-refractivity contribution in [3.63, 3.8) is 0 Å². The average molecular weight is 263 g/mol. The molecular formula is C15H21NO3. The molecule has 1 aromatic rings. The van der Waals surface area contributed by atoms with Crippen molar-refractivity contribution in [1.29, 1.82) is 0 Å². The van der Waals surface area contributed by atoms with Gasteiger partial charge in [-0.2, -0.15) is 0 Å². The largest absolute Gasteiger partial charge is 0.493 e. The van der Waals surface area contributed by atoms with E-state index in [2.05, 4.69) is 11.9 Å². The number of rotatable bonds is 5. The minimum Gasteiger partial charge on any atom is -0.493 e. The molecule has 1 atom stereocenters.